The van der Waals surface area contributed by atoms with Gasteiger partial charge in [0.2, 0.25) is 5.91 Å². The Morgan fingerprint density at radius 3 is 2.47 bits per heavy atom. The molecule has 1 saturated heterocycles. The topological polar surface area (TPSA) is 70.7 Å². The zero-order valence-electron chi connectivity index (χ0n) is 20.4. The molecule has 2 fully saturated rings. The molecule has 7 heteroatoms. The summed E-state index contributed by atoms with van der Waals surface area (Å²) in [6, 6.07) is 7.75. The summed E-state index contributed by atoms with van der Waals surface area (Å²) in [6.45, 7) is 6.22. The van der Waals surface area contributed by atoms with Crippen LogP contribution >= 0.6 is 0 Å². The van der Waals surface area contributed by atoms with Gasteiger partial charge in [-0.3, -0.25) is 9.59 Å². The summed E-state index contributed by atoms with van der Waals surface area (Å²) in [5, 5.41) is 3.35. The molecule has 2 aliphatic heterocycles. The maximum absolute atomic E-state index is 13.9. The molecule has 184 valence electrons. The average molecular weight is 467 g/mol. The number of amides is 2. The third-order valence-corrected chi connectivity index (χ3v) is 8.01. The Kier molecular flexibility index (Phi) is 6.82. The molecule has 34 heavy (non-hydrogen) atoms. The second-order valence-electron chi connectivity index (χ2n) is 10.5. The van der Waals surface area contributed by atoms with E-state index in [4.69, 9.17) is 4.42 Å². The van der Waals surface area contributed by atoms with Crippen molar-refractivity contribution in [2.75, 3.05) is 26.2 Å². The van der Waals surface area contributed by atoms with Crippen LogP contribution in [0.15, 0.2) is 34.9 Å². The summed E-state index contributed by atoms with van der Waals surface area (Å²) in [5.74, 6) is 0.621. The predicted octanol–water partition coefficient (Wildman–Crippen LogP) is 4.29. The van der Waals surface area contributed by atoms with E-state index in [9.17, 15) is 9.59 Å². The zero-order chi connectivity index (χ0) is 23.5. The molecule has 7 nitrogen and oxygen atoms in total. The van der Waals surface area contributed by atoms with Gasteiger partial charge in [0.25, 0.3) is 5.91 Å². The molecule has 2 aromatic heterocycles. The van der Waals surface area contributed by atoms with Crippen molar-refractivity contribution in [1.82, 2.24) is 19.7 Å². The minimum Gasteiger partial charge on any atom is -0.463 e. The van der Waals surface area contributed by atoms with E-state index in [1.165, 1.54) is 25.7 Å². The first-order valence-corrected chi connectivity index (χ1v) is 13.1. The molecule has 0 bridgehead atoms. The van der Waals surface area contributed by atoms with Gasteiger partial charge in [-0.15, -0.1) is 0 Å². The van der Waals surface area contributed by atoms with E-state index in [0.717, 1.165) is 57.4 Å². The van der Waals surface area contributed by atoms with Crippen LogP contribution in [0.3, 0.4) is 0 Å². The Morgan fingerprint density at radius 1 is 1.03 bits per heavy atom. The fraction of sp³-hybridized carbons (Fsp3) is 0.630. The van der Waals surface area contributed by atoms with Crippen LogP contribution in [-0.4, -0.2) is 63.9 Å². The van der Waals surface area contributed by atoms with E-state index in [2.05, 4.69) is 10.2 Å². The van der Waals surface area contributed by atoms with Crippen molar-refractivity contribution in [2.45, 2.75) is 82.8 Å². The molecule has 1 aliphatic carbocycles. The largest absolute Gasteiger partial charge is 0.463 e. The van der Waals surface area contributed by atoms with E-state index in [0.29, 0.717) is 24.5 Å². The van der Waals surface area contributed by atoms with Crippen LogP contribution in [-0.2, 0) is 11.3 Å². The van der Waals surface area contributed by atoms with Crippen LogP contribution in [0.25, 0.3) is 11.5 Å². The number of fused-ring (bicyclic) bond motifs is 1. The summed E-state index contributed by atoms with van der Waals surface area (Å²) < 4.78 is 7.62. The highest BCUT2D eigenvalue weighted by molar-refractivity contribution is 6.00. The van der Waals surface area contributed by atoms with E-state index >= 15 is 0 Å². The van der Waals surface area contributed by atoms with Crippen LogP contribution in [0.5, 0.6) is 0 Å². The number of nitrogens with zero attached hydrogens (tertiary/aromatic N) is 3. The fourth-order valence-corrected chi connectivity index (χ4v) is 5.99. The van der Waals surface area contributed by atoms with Gasteiger partial charge in [0.15, 0.2) is 0 Å². The molecule has 5 rings (SSSR count). The molecule has 1 atom stereocenters. The van der Waals surface area contributed by atoms with Gasteiger partial charge in [0.05, 0.1) is 18.5 Å². The van der Waals surface area contributed by atoms with Crippen LogP contribution < -0.4 is 5.32 Å². The summed E-state index contributed by atoms with van der Waals surface area (Å²) >= 11 is 0. The van der Waals surface area contributed by atoms with Gasteiger partial charge in [-0.05, 0) is 82.9 Å². The van der Waals surface area contributed by atoms with Crippen molar-refractivity contribution in [3.05, 3.63) is 36.2 Å². The molecule has 2 amide bonds. The third kappa shape index (κ3) is 4.54. The zero-order valence-corrected chi connectivity index (χ0v) is 20.4. The third-order valence-electron chi connectivity index (χ3n) is 8.01. The van der Waals surface area contributed by atoms with Crippen molar-refractivity contribution < 1.29 is 14.0 Å². The molecule has 3 aliphatic rings. The SMILES string of the molecule is C[C@]1(C(=O)NC2CCCCCC2)Cn2c(ccc2-c2ccco2)C(=O)N1CCCN1CCCC1. The Morgan fingerprint density at radius 2 is 1.76 bits per heavy atom. The van der Waals surface area contributed by atoms with Crippen molar-refractivity contribution in [3.63, 3.8) is 0 Å². The summed E-state index contributed by atoms with van der Waals surface area (Å²) in [7, 11) is 0. The number of rotatable bonds is 7. The van der Waals surface area contributed by atoms with Gasteiger partial charge < -0.3 is 24.1 Å². The maximum Gasteiger partial charge on any atom is 0.271 e. The Balaban J connectivity index is 1.41. The Hall–Kier alpha value is -2.54. The van der Waals surface area contributed by atoms with Gasteiger partial charge >= 0.3 is 0 Å². The number of aromatic nitrogens is 1. The van der Waals surface area contributed by atoms with Crippen molar-refractivity contribution in [1.29, 1.82) is 0 Å². The van der Waals surface area contributed by atoms with E-state index in [1.807, 2.05) is 40.7 Å². The van der Waals surface area contributed by atoms with Crippen LogP contribution in [0.4, 0.5) is 0 Å². The van der Waals surface area contributed by atoms with Crippen molar-refractivity contribution in [2.24, 2.45) is 0 Å². The molecular formula is C27H38N4O3. The van der Waals surface area contributed by atoms with Gasteiger partial charge in [-0.2, -0.15) is 0 Å². The van der Waals surface area contributed by atoms with Crippen LogP contribution in [0.1, 0.15) is 75.2 Å². The number of likely N-dealkylation sites (tertiary alicyclic amines) is 1. The van der Waals surface area contributed by atoms with Crippen LogP contribution in [0.2, 0.25) is 0 Å². The van der Waals surface area contributed by atoms with Crippen molar-refractivity contribution >= 4 is 11.8 Å². The molecule has 1 N–H and O–H groups in total. The first-order chi connectivity index (χ1) is 16.6. The number of hydrogen-bond acceptors (Lipinski definition) is 4. The quantitative estimate of drug-likeness (QED) is 0.618. The number of carbonyl (C=O) groups is 2. The highest BCUT2D eigenvalue weighted by atomic mass is 16.3. The van der Waals surface area contributed by atoms with Crippen LogP contribution in [0, 0.1) is 0 Å². The lowest BCUT2D eigenvalue weighted by Crippen LogP contribution is -2.65. The molecule has 0 unspecified atom stereocenters. The van der Waals surface area contributed by atoms with E-state index in [-0.39, 0.29) is 17.9 Å². The van der Waals surface area contributed by atoms with E-state index < -0.39 is 5.54 Å². The first kappa shape index (κ1) is 23.2. The predicted molar refractivity (Wildman–Crippen MR) is 131 cm³/mol. The first-order valence-electron chi connectivity index (χ1n) is 13.1. The molecular weight excluding hydrogens is 428 g/mol. The Bertz CT molecular complexity index is 984. The lowest BCUT2D eigenvalue weighted by molar-refractivity contribution is -0.133. The van der Waals surface area contributed by atoms with Gasteiger partial charge in [0, 0.05) is 12.6 Å². The lowest BCUT2D eigenvalue weighted by atomic mass is 9.93. The summed E-state index contributed by atoms with van der Waals surface area (Å²) in [5.41, 5.74) is 0.535. The average Bonchev–Trinajstić information content (AvgIpc) is 3.57. The molecule has 0 spiro atoms. The molecule has 0 aromatic carbocycles. The second-order valence-corrected chi connectivity index (χ2v) is 10.5. The second kappa shape index (κ2) is 9.98. The minimum atomic E-state index is -0.943. The fourth-order valence-electron chi connectivity index (χ4n) is 5.99. The molecule has 4 heterocycles. The van der Waals surface area contributed by atoms with Gasteiger partial charge in [-0.1, -0.05) is 25.7 Å². The summed E-state index contributed by atoms with van der Waals surface area (Å²) in [6.07, 6.45) is 11.9. The number of furan rings is 1. The standard InChI is InChI=1S/C27H38N4O3/c1-27(26(33)28-21-10-4-2-3-5-11-21)20-30-22(24-12-8-19-34-24)13-14-23(30)25(32)31(27)18-9-17-29-15-6-7-16-29/h8,12-14,19,21H,2-7,9-11,15-18,20H2,1H3,(H,28,33)/t27-/m1/s1. The monoisotopic (exact) mass is 466 g/mol. The molecule has 2 aromatic rings. The number of hydrogen-bond donors (Lipinski definition) is 1. The number of nitrogens with one attached hydrogen (secondary N) is 1. The summed E-state index contributed by atoms with van der Waals surface area (Å²) in [4.78, 5) is 31.9. The van der Waals surface area contributed by atoms with Crippen molar-refractivity contribution in [3.8, 4) is 11.5 Å². The molecule has 0 radical (unpaired) electrons. The minimum absolute atomic E-state index is 0.0290. The smallest absolute Gasteiger partial charge is 0.271 e. The normalized spacial score (nSPS) is 24.3. The molecule has 1 saturated carbocycles. The number of carbonyl (C=O) groups excluding carboxylic acids is 2. The van der Waals surface area contributed by atoms with Gasteiger partial charge in [0.1, 0.15) is 17.0 Å². The lowest BCUT2D eigenvalue weighted by Gasteiger charge is -2.45. The highest BCUT2D eigenvalue weighted by Crippen LogP contribution is 2.34. The van der Waals surface area contributed by atoms with E-state index in [1.54, 1.807) is 6.26 Å². The van der Waals surface area contributed by atoms with Gasteiger partial charge in [-0.25, -0.2) is 0 Å². The highest BCUT2D eigenvalue weighted by Gasteiger charge is 2.48. The maximum atomic E-state index is 13.9. The Labute approximate surface area is 202 Å².